The van der Waals surface area contributed by atoms with Crippen molar-refractivity contribution in [1.29, 1.82) is 0 Å². The zero-order valence-electron chi connectivity index (χ0n) is 11.4. The van der Waals surface area contributed by atoms with Crippen LogP contribution in [0.25, 0.3) is 0 Å². The van der Waals surface area contributed by atoms with Crippen LogP contribution in [-0.4, -0.2) is 52.9 Å². The van der Waals surface area contributed by atoms with E-state index in [-0.39, 0.29) is 23.7 Å². The van der Waals surface area contributed by atoms with Crippen molar-refractivity contribution < 1.29 is 14.1 Å². The van der Waals surface area contributed by atoms with E-state index in [0.717, 1.165) is 11.3 Å². The van der Waals surface area contributed by atoms with Crippen LogP contribution in [0.15, 0.2) is 23.4 Å². The van der Waals surface area contributed by atoms with Gasteiger partial charge < -0.3 is 14.3 Å². The van der Waals surface area contributed by atoms with Gasteiger partial charge in [-0.3, -0.25) is 9.59 Å². The predicted molar refractivity (Wildman–Crippen MR) is 70.8 cm³/mol. The van der Waals surface area contributed by atoms with E-state index in [1.807, 2.05) is 11.8 Å². The van der Waals surface area contributed by atoms with Crippen molar-refractivity contribution in [3.05, 3.63) is 30.2 Å². The van der Waals surface area contributed by atoms with E-state index in [2.05, 4.69) is 11.7 Å². The van der Waals surface area contributed by atoms with Gasteiger partial charge >= 0.3 is 0 Å². The molecule has 0 radical (unpaired) electrons. The van der Waals surface area contributed by atoms with Crippen molar-refractivity contribution in [1.82, 2.24) is 15.0 Å². The Morgan fingerprint density at radius 2 is 2.05 bits per heavy atom. The Kier molecular flexibility index (Phi) is 3.08. The van der Waals surface area contributed by atoms with E-state index >= 15 is 0 Å². The van der Waals surface area contributed by atoms with Gasteiger partial charge in [0.15, 0.2) is 0 Å². The number of hydrogen-bond acceptors (Lipinski definition) is 4. The maximum Gasteiger partial charge on any atom is 0.246 e. The molecule has 2 amide bonds. The highest BCUT2D eigenvalue weighted by Crippen LogP contribution is 2.30. The van der Waals surface area contributed by atoms with Gasteiger partial charge in [-0.05, 0) is 13.0 Å². The van der Waals surface area contributed by atoms with Crippen LogP contribution in [0.5, 0.6) is 0 Å². The van der Waals surface area contributed by atoms with Crippen LogP contribution in [0, 0.1) is 12.8 Å². The van der Waals surface area contributed by atoms with Crippen molar-refractivity contribution in [2.45, 2.75) is 12.8 Å². The summed E-state index contributed by atoms with van der Waals surface area (Å²) in [7, 11) is 0. The van der Waals surface area contributed by atoms with Crippen molar-refractivity contribution in [3.63, 3.8) is 0 Å². The van der Waals surface area contributed by atoms with Crippen LogP contribution in [-0.2, 0) is 9.59 Å². The number of carbonyl (C=O) groups excluding carboxylic acids is 2. The van der Waals surface area contributed by atoms with Gasteiger partial charge in [0.05, 0.1) is 11.6 Å². The molecule has 0 spiro atoms. The Balaban J connectivity index is 1.49. The summed E-state index contributed by atoms with van der Waals surface area (Å²) in [4.78, 5) is 27.0. The summed E-state index contributed by atoms with van der Waals surface area (Å²) in [6.07, 6.45) is 2.91. The standard InChI is InChI=1S/C14H17N3O3/c1-3-12(18)16-6-11(7-16)14(19)17-4-10(5-17)13-9(2)8-20-15-13/h3,8,10-11H,1,4-7H2,2H3. The lowest BCUT2D eigenvalue weighted by Gasteiger charge is -2.45. The van der Waals surface area contributed by atoms with Crippen LogP contribution in [0.3, 0.4) is 0 Å². The molecule has 2 saturated heterocycles. The minimum atomic E-state index is -0.103. The third-order valence-electron chi connectivity index (χ3n) is 4.08. The minimum absolute atomic E-state index is 0.0572. The van der Waals surface area contributed by atoms with E-state index in [4.69, 9.17) is 4.52 Å². The number of hydrogen-bond donors (Lipinski definition) is 0. The van der Waals surface area contributed by atoms with Gasteiger partial charge in [-0.1, -0.05) is 11.7 Å². The summed E-state index contributed by atoms with van der Waals surface area (Å²) >= 11 is 0. The molecule has 106 valence electrons. The normalized spacial score (nSPS) is 19.4. The highest BCUT2D eigenvalue weighted by molar-refractivity contribution is 5.90. The summed E-state index contributed by atoms with van der Waals surface area (Å²) in [6, 6.07) is 0. The summed E-state index contributed by atoms with van der Waals surface area (Å²) < 4.78 is 4.92. The Morgan fingerprint density at radius 1 is 1.35 bits per heavy atom. The fraction of sp³-hybridized carbons (Fsp3) is 0.500. The lowest BCUT2D eigenvalue weighted by Crippen LogP contribution is -2.59. The largest absolute Gasteiger partial charge is 0.364 e. The molecule has 0 aromatic carbocycles. The Hall–Kier alpha value is -2.11. The molecule has 6 heteroatoms. The topological polar surface area (TPSA) is 66.7 Å². The van der Waals surface area contributed by atoms with Crippen molar-refractivity contribution in [2.24, 2.45) is 5.92 Å². The highest BCUT2D eigenvalue weighted by atomic mass is 16.5. The monoisotopic (exact) mass is 275 g/mol. The smallest absolute Gasteiger partial charge is 0.246 e. The number of amides is 2. The molecule has 1 aromatic heterocycles. The Morgan fingerprint density at radius 3 is 2.60 bits per heavy atom. The zero-order chi connectivity index (χ0) is 14.3. The Bertz CT molecular complexity index is 554. The molecule has 0 N–H and O–H groups in total. The highest BCUT2D eigenvalue weighted by Gasteiger charge is 2.42. The maximum absolute atomic E-state index is 12.2. The van der Waals surface area contributed by atoms with Crippen molar-refractivity contribution in [2.75, 3.05) is 26.2 Å². The molecular formula is C14H17N3O3. The van der Waals surface area contributed by atoms with E-state index in [9.17, 15) is 9.59 Å². The quantitative estimate of drug-likeness (QED) is 0.756. The van der Waals surface area contributed by atoms with Gasteiger partial charge in [-0.2, -0.15) is 0 Å². The van der Waals surface area contributed by atoms with Gasteiger partial charge in [-0.15, -0.1) is 0 Å². The van der Waals surface area contributed by atoms with Crippen LogP contribution >= 0.6 is 0 Å². The van der Waals surface area contributed by atoms with E-state index in [1.54, 1.807) is 11.2 Å². The molecule has 3 heterocycles. The molecular weight excluding hydrogens is 258 g/mol. The summed E-state index contributed by atoms with van der Waals surface area (Å²) in [6.45, 7) is 7.80. The molecule has 1 aromatic rings. The summed E-state index contributed by atoms with van der Waals surface area (Å²) in [5, 5.41) is 3.98. The molecule has 2 aliphatic rings. The van der Waals surface area contributed by atoms with Crippen LogP contribution in [0.2, 0.25) is 0 Å². The average Bonchev–Trinajstić information content (AvgIpc) is 2.71. The number of rotatable bonds is 3. The van der Waals surface area contributed by atoms with Gasteiger partial charge in [0.2, 0.25) is 11.8 Å². The van der Waals surface area contributed by atoms with Crippen LogP contribution in [0.1, 0.15) is 17.2 Å². The lowest BCUT2D eigenvalue weighted by molar-refractivity contribution is -0.149. The maximum atomic E-state index is 12.2. The van der Waals surface area contributed by atoms with Crippen LogP contribution in [0.4, 0.5) is 0 Å². The predicted octanol–water partition coefficient (Wildman–Crippen LogP) is 0.553. The average molecular weight is 275 g/mol. The number of carbonyl (C=O) groups is 2. The van der Waals surface area contributed by atoms with E-state index in [1.165, 1.54) is 6.08 Å². The minimum Gasteiger partial charge on any atom is -0.364 e. The molecule has 20 heavy (non-hydrogen) atoms. The van der Waals surface area contributed by atoms with E-state index in [0.29, 0.717) is 26.2 Å². The van der Waals surface area contributed by atoms with Crippen LogP contribution < -0.4 is 0 Å². The van der Waals surface area contributed by atoms with Gasteiger partial charge in [0, 0.05) is 37.7 Å². The second kappa shape index (κ2) is 4.77. The molecule has 0 unspecified atom stereocenters. The molecule has 2 fully saturated rings. The fourth-order valence-corrected chi connectivity index (χ4v) is 2.72. The third-order valence-corrected chi connectivity index (χ3v) is 4.08. The first-order valence-corrected chi connectivity index (χ1v) is 6.71. The Labute approximate surface area is 117 Å². The fourth-order valence-electron chi connectivity index (χ4n) is 2.72. The number of aromatic nitrogens is 1. The molecule has 2 aliphatic heterocycles. The third kappa shape index (κ3) is 2.01. The second-order valence-electron chi connectivity index (χ2n) is 5.47. The molecule has 0 saturated carbocycles. The SMILES string of the molecule is C=CC(=O)N1CC(C(=O)N2CC(c3nocc3C)C2)C1. The summed E-state index contributed by atoms with van der Waals surface area (Å²) in [5.74, 6) is 0.256. The van der Waals surface area contributed by atoms with Gasteiger partial charge in [0.1, 0.15) is 6.26 Å². The first-order valence-electron chi connectivity index (χ1n) is 6.71. The van der Waals surface area contributed by atoms with E-state index < -0.39 is 0 Å². The van der Waals surface area contributed by atoms with Crippen molar-refractivity contribution in [3.8, 4) is 0 Å². The lowest BCUT2D eigenvalue weighted by atomic mass is 9.90. The number of likely N-dealkylation sites (tertiary alicyclic amines) is 2. The second-order valence-corrected chi connectivity index (χ2v) is 5.47. The molecule has 6 nitrogen and oxygen atoms in total. The first kappa shape index (κ1) is 12.9. The van der Waals surface area contributed by atoms with Gasteiger partial charge in [0.25, 0.3) is 0 Å². The summed E-state index contributed by atoms with van der Waals surface area (Å²) in [5.41, 5.74) is 1.99. The zero-order valence-corrected chi connectivity index (χ0v) is 11.4. The molecule has 0 aliphatic carbocycles. The number of nitrogens with zero attached hydrogens (tertiary/aromatic N) is 3. The first-order chi connectivity index (χ1) is 9.60. The molecule has 0 bridgehead atoms. The number of aryl methyl sites for hydroxylation is 1. The van der Waals surface area contributed by atoms with Gasteiger partial charge in [-0.25, -0.2) is 0 Å². The molecule has 0 atom stereocenters. The molecule has 3 rings (SSSR count). The van der Waals surface area contributed by atoms with Crippen molar-refractivity contribution >= 4 is 11.8 Å².